The Labute approximate surface area is 146 Å². The number of benzene rings is 2. The van der Waals surface area contributed by atoms with Gasteiger partial charge in [0.2, 0.25) is 5.91 Å². The maximum absolute atomic E-state index is 11.9. The zero-order valence-corrected chi connectivity index (χ0v) is 14.9. The Morgan fingerprint density at radius 1 is 1.00 bits per heavy atom. The molecule has 1 amide bonds. The van der Waals surface area contributed by atoms with Crippen LogP contribution in [0.15, 0.2) is 42.5 Å². The molecule has 5 heteroatoms. The van der Waals surface area contributed by atoms with Crippen LogP contribution in [-0.2, 0) is 9.59 Å². The van der Waals surface area contributed by atoms with Crippen molar-refractivity contribution in [3.63, 3.8) is 0 Å². The zero-order chi connectivity index (χ0) is 17.5. The second-order valence-electron chi connectivity index (χ2n) is 5.65. The maximum Gasteiger partial charge on any atom is 0.321 e. The van der Waals surface area contributed by atoms with E-state index >= 15 is 0 Å². The average Bonchev–Trinajstić information content (AvgIpc) is 2.50. The Kier molecular flexibility index (Phi) is 6.44. The number of ether oxygens (including phenoxy) is 1. The van der Waals surface area contributed by atoms with Crippen molar-refractivity contribution in [1.82, 2.24) is 0 Å². The first-order chi connectivity index (χ1) is 11.4. The number of aryl methyl sites for hydroxylation is 3. The second kappa shape index (κ2) is 8.55. The van der Waals surface area contributed by atoms with Gasteiger partial charge in [0, 0.05) is 5.69 Å². The highest BCUT2D eigenvalue weighted by Crippen LogP contribution is 2.19. The lowest BCUT2D eigenvalue weighted by molar-refractivity contribution is -0.131. The van der Waals surface area contributed by atoms with E-state index in [1.54, 1.807) is 6.07 Å². The monoisotopic (exact) mass is 343 g/mol. The number of nitrogens with one attached hydrogen (secondary N) is 1. The minimum absolute atomic E-state index is 0.133. The van der Waals surface area contributed by atoms with E-state index in [-0.39, 0.29) is 23.4 Å². The van der Waals surface area contributed by atoms with Gasteiger partial charge in [-0.25, -0.2) is 0 Å². The Morgan fingerprint density at radius 2 is 1.75 bits per heavy atom. The van der Waals surface area contributed by atoms with Gasteiger partial charge in [0.25, 0.3) is 0 Å². The van der Waals surface area contributed by atoms with Crippen molar-refractivity contribution in [3.05, 3.63) is 59.2 Å². The van der Waals surface area contributed by atoms with Crippen molar-refractivity contribution < 1.29 is 14.3 Å². The van der Waals surface area contributed by atoms with Gasteiger partial charge in [0.05, 0.1) is 11.5 Å². The molecule has 0 aliphatic carbocycles. The van der Waals surface area contributed by atoms with Crippen LogP contribution in [0.1, 0.15) is 16.7 Å². The first-order valence-corrected chi connectivity index (χ1v) is 8.82. The van der Waals surface area contributed by atoms with Crippen molar-refractivity contribution in [2.24, 2.45) is 0 Å². The third-order valence-electron chi connectivity index (χ3n) is 3.31. The van der Waals surface area contributed by atoms with E-state index in [2.05, 4.69) is 5.32 Å². The molecule has 2 rings (SSSR count). The molecule has 0 fully saturated rings. The summed E-state index contributed by atoms with van der Waals surface area (Å²) in [6.45, 7) is 5.85. The van der Waals surface area contributed by atoms with Crippen LogP contribution in [0.25, 0.3) is 0 Å². The van der Waals surface area contributed by atoms with E-state index in [0.717, 1.165) is 22.4 Å². The average molecular weight is 343 g/mol. The van der Waals surface area contributed by atoms with Crippen molar-refractivity contribution in [3.8, 4) is 5.75 Å². The largest absolute Gasteiger partial charge is 0.426 e. The zero-order valence-electron chi connectivity index (χ0n) is 14.1. The summed E-state index contributed by atoms with van der Waals surface area (Å²) in [5.74, 6) is 0.417. The van der Waals surface area contributed by atoms with E-state index in [0.29, 0.717) is 5.75 Å². The topological polar surface area (TPSA) is 55.4 Å². The highest BCUT2D eigenvalue weighted by Gasteiger charge is 2.10. The summed E-state index contributed by atoms with van der Waals surface area (Å²) in [4.78, 5) is 23.7. The fourth-order valence-electron chi connectivity index (χ4n) is 2.21. The van der Waals surface area contributed by atoms with Crippen molar-refractivity contribution >= 4 is 29.3 Å². The fraction of sp³-hybridized carbons (Fsp3) is 0.263. The van der Waals surface area contributed by atoms with E-state index in [4.69, 9.17) is 4.74 Å². The highest BCUT2D eigenvalue weighted by atomic mass is 32.2. The summed E-state index contributed by atoms with van der Waals surface area (Å²) < 4.78 is 5.32. The molecular weight excluding hydrogens is 322 g/mol. The third kappa shape index (κ3) is 5.74. The molecule has 0 spiro atoms. The second-order valence-corrected chi connectivity index (χ2v) is 6.64. The van der Waals surface area contributed by atoms with Gasteiger partial charge in [-0.15, -0.1) is 11.8 Å². The van der Waals surface area contributed by atoms with Crippen LogP contribution in [0.3, 0.4) is 0 Å². The highest BCUT2D eigenvalue weighted by molar-refractivity contribution is 8.00. The molecule has 0 aliphatic rings. The lowest BCUT2D eigenvalue weighted by atomic mass is 10.1. The lowest BCUT2D eigenvalue weighted by Crippen LogP contribution is -2.17. The Morgan fingerprint density at radius 3 is 2.46 bits per heavy atom. The number of thioether (sulfide) groups is 1. The number of rotatable bonds is 6. The summed E-state index contributed by atoms with van der Waals surface area (Å²) in [5, 5.41) is 2.81. The normalized spacial score (nSPS) is 10.3. The number of carbonyl (C=O) groups is 2. The number of anilines is 1. The van der Waals surface area contributed by atoms with Crippen LogP contribution in [0.4, 0.5) is 5.69 Å². The summed E-state index contributed by atoms with van der Waals surface area (Å²) >= 11 is 1.23. The molecule has 2 aromatic carbocycles. The van der Waals surface area contributed by atoms with Gasteiger partial charge in [0.1, 0.15) is 5.75 Å². The molecule has 1 N–H and O–H groups in total. The molecule has 0 saturated carbocycles. The maximum atomic E-state index is 11.9. The molecule has 4 nitrogen and oxygen atoms in total. The minimum atomic E-state index is -0.352. The van der Waals surface area contributed by atoms with E-state index < -0.39 is 0 Å². The predicted molar refractivity (Wildman–Crippen MR) is 98.7 cm³/mol. The standard InChI is InChI=1S/C19H21NO3S/c1-13-5-4-6-16(10-13)20-18(21)11-24-12-19(22)23-17-8-7-14(2)9-15(17)3/h4-10H,11-12H2,1-3H3,(H,20,21). The van der Waals surface area contributed by atoms with Gasteiger partial charge in [-0.2, -0.15) is 0 Å². The molecule has 0 unspecified atom stereocenters. The van der Waals surface area contributed by atoms with Crippen LogP contribution >= 0.6 is 11.8 Å². The van der Waals surface area contributed by atoms with Crippen molar-refractivity contribution in [2.45, 2.75) is 20.8 Å². The molecule has 24 heavy (non-hydrogen) atoms. The van der Waals surface area contributed by atoms with E-state index in [1.807, 2.05) is 57.2 Å². The Hall–Kier alpha value is -2.27. The number of esters is 1. The summed E-state index contributed by atoms with van der Waals surface area (Å²) in [6, 6.07) is 13.2. The molecule has 0 atom stereocenters. The Balaban J connectivity index is 1.75. The summed E-state index contributed by atoms with van der Waals surface area (Å²) in [7, 11) is 0. The fourth-order valence-corrected chi connectivity index (χ4v) is 2.80. The molecular formula is C19H21NO3S. The third-order valence-corrected chi connectivity index (χ3v) is 4.22. The van der Waals surface area contributed by atoms with Crippen LogP contribution in [0.5, 0.6) is 5.75 Å². The molecule has 0 aromatic heterocycles. The number of hydrogen-bond acceptors (Lipinski definition) is 4. The molecule has 0 radical (unpaired) electrons. The number of hydrogen-bond donors (Lipinski definition) is 1. The first-order valence-electron chi connectivity index (χ1n) is 7.66. The van der Waals surface area contributed by atoms with Crippen LogP contribution in [0.2, 0.25) is 0 Å². The van der Waals surface area contributed by atoms with Crippen LogP contribution in [0, 0.1) is 20.8 Å². The molecule has 0 heterocycles. The first kappa shape index (κ1) is 18.1. The Bertz CT molecular complexity index is 743. The quantitative estimate of drug-likeness (QED) is 0.639. The van der Waals surface area contributed by atoms with E-state index in [9.17, 15) is 9.59 Å². The molecule has 0 bridgehead atoms. The van der Waals surface area contributed by atoms with Gasteiger partial charge in [0.15, 0.2) is 0 Å². The summed E-state index contributed by atoms with van der Waals surface area (Å²) in [6.07, 6.45) is 0. The molecule has 0 saturated heterocycles. The van der Waals surface area contributed by atoms with Gasteiger partial charge < -0.3 is 10.1 Å². The number of carbonyl (C=O) groups excluding carboxylic acids is 2. The SMILES string of the molecule is Cc1cccc(NC(=O)CSCC(=O)Oc2ccc(C)cc2C)c1. The van der Waals surface area contributed by atoms with Crippen LogP contribution in [-0.4, -0.2) is 23.4 Å². The van der Waals surface area contributed by atoms with Gasteiger partial charge in [-0.1, -0.05) is 29.8 Å². The van der Waals surface area contributed by atoms with Gasteiger partial charge in [-0.05, 0) is 50.1 Å². The molecule has 0 aliphatic heterocycles. The van der Waals surface area contributed by atoms with Gasteiger partial charge >= 0.3 is 5.97 Å². The number of amides is 1. The van der Waals surface area contributed by atoms with Crippen LogP contribution < -0.4 is 10.1 Å². The molecule has 126 valence electrons. The van der Waals surface area contributed by atoms with Gasteiger partial charge in [-0.3, -0.25) is 9.59 Å². The minimum Gasteiger partial charge on any atom is -0.426 e. The van der Waals surface area contributed by atoms with Crippen molar-refractivity contribution in [1.29, 1.82) is 0 Å². The van der Waals surface area contributed by atoms with Crippen molar-refractivity contribution in [2.75, 3.05) is 16.8 Å². The smallest absolute Gasteiger partial charge is 0.321 e. The summed E-state index contributed by atoms with van der Waals surface area (Å²) in [5.41, 5.74) is 3.89. The molecule has 2 aromatic rings. The lowest BCUT2D eigenvalue weighted by Gasteiger charge is -2.08. The van der Waals surface area contributed by atoms with E-state index in [1.165, 1.54) is 11.8 Å². The predicted octanol–water partition coefficient (Wildman–Crippen LogP) is 3.89.